The number of fused-ring (bicyclic) bond motifs is 1. The number of likely N-dealkylation sites (N-methyl/N-ethyl adjacent to an activating group) is 1. The van der Waals surface area contributed by atoms with Crippen LogP contribution in [0.3, 0.4) is 0 Å². The van der Waals surface area contributed by atoms with E-state index in [2.05, 4.69) is 0 Å². The molecule has 1 aromatic carbocycles. The van der Waals surface area contributed by atoms with Gasteiger partial charge in [-0.05, 0) is 24.6 Å². The van der Waals surface area contributed by atoms with E-state index in [1.165, 1.54) is 0 Å². The van der Waals surface area contributed by atoms with Gasteiger partial charge in [0.15, 0.2) is 6.10 Å². The Balaban J connectivity index is 2.01. The van der Waals surface area contributed by atoms with Crippen molar-refractivity contribution in [2.75, 3.05) is 31.7 Å². The summed E-state index contributed by atoms with van der Waals surface area (Å²) in [7, 11) is 1.77. The summed E-state index contributed by atoms with van der Waals surface area (Å²) in [5.74, 6) is 0.715. The predicted octanol–water partition coefficient (Wildman–Crippen LogP) is 0.657. The Hall–Kier alpha value is -1.59. The second-order valence-corrected chi connectivity index (χ2v) is 5.32. The summed E-state index contributed by atoms with van der Waals surface area (Å²) in [6.45, 7) is 3.61. The van der Waals surface area contributed by atoms with Crippen LogP contribution in [-0.2, 0) is 14.9 Å². The molecule has 2 N–H and O–H groups in total. The Labute approximate surface area is 112 Å². The number of ether oxygens (including phenoxy) is 2. The first-order valence-corrected chi connectivity index (χ1v) is 6.44. The van der Waals surface area contributed by atoms with Crippen LogP contribution in [0.2, 0.25) is 0 Å². The third-order valence-corrected chi connectivity index (χ3v) is 4.06. The Morgan fingerprint density at radius 2 is 2.21 bits per heavy atom. The summed E-state index contributed by atoms with van der Waals surface area (Å²) in [6.07, 6.45) is -0.445. The molecule has 1 saturated heterocycles. The highest BCUT2D eigenvalue weighted by Gasteiger charge is 2.40. The number of hydrogen-bond acceptors (Lipinski definition) is 4. The van der Waals surface area contributed by atoms with Crippen molar-refractivity contribution in [1.29, 1.82) is 0 Å². The van der Waals surface area contributed by atoms with E-state index in [1.54, 1.807) is 18.9 Å². The van der Waals surface area contributed by atoms with Crippen molar-refractivity contribution in [1.82, 2.24) is 0 Å². The van der Waals surface area contributed by atoms with Gasteiger partial charge in [0, 0.05) is 13.6 Å². The highest BCUT2D eigenvalue weighted by Crippen LogP contribution is 2.39. The minimum atomic E-state index is -0.445. The average molecular weight is 262 g/mol. The molecule has 1 fully saturated rings. The van der Waals surface area contributed by atoms with Gasteiger partial charge in [0.1, 0.15) is 5.75 Å². The summed E-state index contributed by atoms with van der Waals surface area (Å²) in [6, 6.07) is 5.92. The third kappa shape index (κ3) is 1.73. The van der Waals surface area contributed by atoms with Gasteiger partial charge in [-0.1, -0.05) is 6.07 Å². The van der Waals surface area contributed by atoms with Gasteiger partial charge < -0.3 is 20.1 Å². The smallest absolute Gasteiger partial charge is 0.267 e. The maximum absolute atomic E-state index is 11.9. The lowest BCUT2D eigenvalue weighted by Gasteiger charge is -2.41. The van der Waals surface area contributed by atoms with Crippen LogP contribution in [0.1, 0.15) is 12.5 Å². The first-order chi connectivity index (χ1) is 9.07. The lowest BCUT2D eigenvalue weighted by molar-refractivity contribution is -0.125. The van der Waals surface area contributed by atoms with Gasteiger partial charge in [-0.2, -0.15) is 0 Å². The predicted molar refractivity (Wildman–Crippen MR) is 71.5 cm³/mol. The molecule has 0 aliphatic carbocycles. The molecule has 0 radical (unpaired) electrons. The van der Waals surface area contributed by atoms with E-state index in [1.807, 2.05) is 18.2 Å². The van der Waals surface area contributed by atoms with Crippen molar-refractivity contribution >= 4 is 11.6 Å². The molecule has 1 aromatic rings. The van der Waals surface area contributed by atoms with Crippen LogP contribution in [0.5, 0.6) is 5.75 Å². The molecule has 0 spiro atoms. The van der Waals surface area contributed by atoms with E-state index in [4.69, 9.17) is 15.2 Å². The molecule has 0 bridgehead atoms. The van der Waals surface area contributed by atoms with Gasteiger partial charge in [-0.3, -0.25) is 4.79 Å². The number of rotatable bonds is 2. The summed E-state index contributed by atoms with van der Waals surface area (Å²) >= 11 is 0. The van der Waals surface area contributed by atoms with Gasteiger partial charge in [0.05, 0.1) is 24.3 Å². The molecule has 102 valence electrons. The molecular formula is C14H18N2O3. The summed E-state index contributed by atoms with van der Waals surface area (Å²) in [5.41, 5.74) is 7.70. The molecule has 1 amide bonds. The summed E-state index contributed by atoms with van der Waals surface area (Å²) < 4.78 is 11.0. The molecule has 5 nitrogen and oxygen atoms in total. The fourth-order valence-corrected chi connectivity index (χ4v) is 2.60. The molecule has 0 saturated carbocycles. The Bertz CT molecular complexity index is 520. The Morgan fingerprint density at radius 3 is 2.79 bits per heavy atom. The van der Waals surface area contributed by atoms with E-state index >= 15 is 0 Å². The molecule has 19 heavy (non-hydrogen) atoms. The number of carbonyl (C=O) groups excluding carboxylic acids is 1. The van der Waals surface area contributed by atoms with E-state index in [0.29, 0.717) is 19.8 Å². The number of nitrogens with two attached hydrogens (primary N) is 1. The molecule has 3 rings (SSSR count). The second kappa shape index (κ2) is 4.21. The van der Waals surface area contributed by atoms with E-state index in [-0.39, 0.29) is 11.3 Å². The SMILES string of the molecule is CC1Oc2cc(C3(CN)COC3)ccc2N(C)C1=O. The van der Waals surface area contributed by atoms with Gasteiger partial charge in [-0.15, -0.1) is 0 Å². The molecule has 0 aromatic heterocycles. The fourth-order valence-electron chi connectivity index (χ4n) is 2.60. The van der Waals surface area contributed by atoms with Crippen LogP contribution >= 0.6 is 0 Å². The number of anilines is 1. The van der Waals surface area contributed by atoms with Crippen molar-refractivity contribution in [2.45, 2.75) is 18.4 Å². The van der Waals surface area contributed by atoms with Crippen LogP contribution < -0.4 is 15.4 Å². The molecule has 2 aliphatic heterocycles. The second-order valence-electron chi connectivity index (χ2n) is 5.32. The van der Waals surface area contributed by atoms with Crippen molar-refractivity contribution in [3.05, 3.63) is 23.8 Å². The van der Waals surface area contributed by atoms with Crippen molar-refractivity contribution < 1.29 is 14.3 Å². The first-order valence-electron chi connectivity index (χ1n) is 6.44. The average Bonchev–Trinajstić information content (AvgIpc) is 2.35. The number of benzene rings is 1. The lowest BCUT2D eigenvalue weighted by atomic mass is 9.78. The van der Waals surface area contributed by atoms with Crippen LogP contribution in [0.25, 0.3) is 0 Å². The van der Waals surface area contributed by atoms with Crippen molar-refractivity contribution in [2.24, 2.45) is 5.73 Å². The van der Waals surface area contributed by atoms with Gasteiger partial charge in [0.2, 0.25) is 0 Å². The molecule has 1 atom stereocenters. The molecule has 5 heteroatoms. The molecule has 2 aliphatic rings. The highest BCUT2D eigenvalue weighted by molar-refractivity contribution is 5.99. The third-order valence-electron chi connectivity index (χ3n) is 4.06. The Kier molecular flexibility index (Phi) is 2.76. The molecule has 1 unspecified atom stereocenters. The standard InChI is InChI=1S/C14H18N2O3/c1-9-13(17)16(2)11-4-3-10(5-12(11)19-9)14(6-15)7-18-8-14/h3-5,9H,6-8,15H2,1-2H3. The quantitative estimate of drug-likeness (QED) is 0.850. The van der Waals surface area contributed by atoms with Crippen LogP contribution in [0, 0.1) is 0 Å². The maximum atomic E-state index is 11.9. The number of hydrogen-bond donors (Lipinski definition) is 1. The monoisotopic (exact) mass is 262 g/mol. The zero-order valence-corrected chi connectivity index (χ0v) is 11.2. The van der Waals surface area contributed by atoms with Crippen LogP contribution in [0.15, 0.2) is 18.2 Å². The van der Waals surface area contributed by atoms with Gasteiger partial charge >= 0.3 is 0 Å². The highest BCUT2D eigenvalue weighted by atomic mass is 16.5. The summed E-state index contributed by atoms with van der Waals surface area (Å²) in [5, 5.41) is 0. The van der Waals surface area contributed by atoms with Crippen LogP contribution in [-0.4, -0.2) is 38.8 Å². The fraction of sp³-hybridized carbons (Fsp3) is 0.500. The van der Waals surface area contributed by atoms with Gasteiger partial charge in [0.25, 0.3) is 5.91 Å². The van der Waals surface area contributed by atoms with Crippen LogP contribution in [0.4, 0.5) is 5.69 Å². The van der Waals surface area contributed by atoms with Gasteiger partial charge in [-0.25, -0.2) is 0 Å². The summed E-state index contributed by atoms with van der Waals surface area (Å²) in [4.78, 5) is 13.5. The number of carbonyl (C=O) groups is 1. The van der Waals surface area contributed by atoms with E-state index in [9.17, 15) is 4.79 Å². The maximum Gasteiger partial charge on any atom is 0.267 e. The zero-order valence-electron chi connectivity index (χ0n) is 11.2. The minimum Gasteiger partial charge on any atom is -0.479 e. The largest absolute Gasteiger partial charge is 0.479 e. The first kappa shape index (κ1) is 12.4. The van der Waals surface area contributed by atoms with E-state index in [0.717, 1.165) is 17.0 Å². The molecule has 2 heterocycles. The molecular weight excluding hydrogens is 244 g/mol. The van der Waals surface area contributed by atoms with Crippen molar-refractivity contribution in [3.63, 3.8) is 0 Å². The Morgan fingerprint density at radius 1 is 1.47 bits per heavy atom. The van der Waals surface area contributed by atoms with Crippen molar-refractivity contribution in [3.8, 4) is 5.75 Å². The van der Waals surface area contributed by atoms with E-state index < -0.39 is 6.10 Å². The number of nitrogens with zero attached hydrogens (tertiary/aromatic N) is 1. The zero-order chi connectivity index (χ0) is 13.6. The lowest BCUT2D eigenvalue weighted by Crippen LogP contribution is -2.52. The number of amides is 1. The topological polar surface area (TPSA) is 64.8 Å². The minimum absolute atomic E-state index is 0.0271. The normalized spacial score (nSPS) is 24.5.